The zero-order valence-corrected chi connectivity index (χ0v) is 11.1. The van der Waals surface area contributed by atoms with Crippen LogP contribution in [0.3, 0.4) is 0 Å². The molecule has 1 atom stereocenters. The number of nitrogens with zero attached hydrogens (tertiary/aromatic N) is 3. The van der Waals surface area contributed by atoms with Gasteiger partial charge in [-0.05, 0) is 40.3 Å². The van der Waals surface area contributed by atoms with Gasteiger partial charge in [-0.1, -0.05) is 0 Å². The third-order valence-corrected chi connectivity index (χ3v) is 2.79. The highest BCUT2D eigenvalue weighted by molar-refractivity contribution is 6.16. The van der Waals surface area contributed by atoms with Crippen molar-refractivity contribution in [1.29, 1.82) is 0 Å². The predicted octanol–water partition coefficient (Wildman–Crippen LogP) is 1.65. The summed E-state index contributed by atoms with van der Waals surface area (Å²) in [4.78, 5) is 11.2. The van der Waals surface area contributed by atoms with Crippen molar-refractivity contribution in [3.8, 4) is 0 Å². The van der Waals surface area contributed by atoms with Crippen molar-refractivity contribution in [1.82, 2.24) is 10.2 Å². The van der Waals surface area contributed by atoms with Crippen molar-refractivity contribution in [2.45, 2.75) is 33.7 Å². The summed E-state index contributed by atoms with van der Waals surface area (Å²) in [7, 11) is 3.77. The van der Waals surface area contributed by atoms with Crippen LogP contribution in [0.2, 0.25) is 0 Å². The van der Waals surface area contributed by atoms with Crippen LogP contribution in [0.4, 0.5) is 0 Å². The molecule has 0 aromatic carbocycles. The Balaban J connectivity index is 3.19. The van der Waals surface area contributed by atoms with Gasteiger partial charge < -0.3 is 10.2 Å². The third kappa shape index (κ3) is 2.16. The van der Waals surface area contributed by atoms with Crippen LogP contribution in [-0.4, -0.2) is 43.3 Å². The number of hydrogen-bond acceptors (Lipinski definition) is 3. The Morgan fingerprint density at radius 2 is 2.12 bits per heavy atom. The van der Waals surface area contributed by atoms with Crippen LogP contribution in [-0.2, 0) is 0 Å². The van der Waals surface area contributed by atoms with E-state index in [2.05, 4.69) is 42.9 Å². The Morgan fingerprint density at radius 1 is 1.50 bits per heavy atom. The second kappa shape index (κ2) is 5.25. The summed E-state index contributed by atoms with van der Waals surface area (Å²) in [6.07, 6.45) is 0. The molecule has 0 radical (unpaired) electrons. The molecular weight excluding hydrogens is 200 g/mol. The molecule has 0 amide bonds. The maximum absolute atomic E-state index is 4.69. The first-order valence-electron chi connectivity index (χ1n) is 5.74. The molecule has 0 aliphatic carbocycles. The van der Waals surface area contributed by atoms with Crippen molar-refractivity contribution >= 4 is 11.7 Å². The van der Waals surface area contributed by atoms with E-state index in [0.717, 1.165) is 23.9 Å². The van der Waals surface area contributed by atoms with E-state index in [4.69, 9.17) is 4.99 Å². The Bertz CT molecular complexity index is 348. The van der Waals surface area contributed by atoms with Gasteiger partial charge in [0.25, 0.3) is 0 Å². The van der Waals surface area contributed by atoms with E-state index in [0.29, 0.717) is 0 Å². The number of amidine groups is 2. The smallest absolute Gasteiger partial charge is 0.155 e. The normalized spacial score (nSPS) is 20.4. The summed E-state index contributed by atoms with van der Waals surface area (Å²) < 4.78 is 0. The first-order valence-corrected chi connectivity index (χ1v) is 5.74. The van der Waals surface area contributed by atoms with Crippen LogP contribution in [0, 0.1) is 0 Å². The molecule has 1 aliphatic heterocycles. The topological polar surface area (TPSA) is 40.0 Å². The molecule has 0 aromatic heterocycles. The van der Waals surface area contributed by atoms with E-state index in [9.17, 15) is 0 Å². The number of aliphatic imine (C=N–C) groups is 2. The molecule has 0 fully saturated rings. The number of rotatable bonds is 3. The fourth-order valence-corrected chi connectivity index (χ4v) is 1.79. The average Bonchev–Trinajstić information content (AvgIpc) is 2.66. The molecule has 1 heterocycles. The fraction of sp³-hybridized carbons (Fsp3) is 0.667. The van der Waals surface area contributed by atoms with Crippen LogP contribution < -0.4 is 5.32 Å². The zero-order chi connectivity index (χ0) is 12.3. The van der Waals surface area contributed by atoms with E-state index in [1.165, 1.54) is 5.57 Å². The van der Waals surface area contributed by atoms with E-state index < -0.39 is 0 Å². The summed E-state index contributed by atoms with van der Waals surface area (Å²) in [6.45, 7) is 9.28. The Hall–Kier alpha value is -1.16. The van der Waals surface area contributed by atoms with Crippen molar-refractivity contribution in [2.24, 2.45) is 9.98 Å². The SMILES string of the molecule is CCN1C(=NC)C(=C(C)C)N=C1C(C)NC. The van der Waals surface area contributed by atoms with Gasteiger partial charge in [0.2, 0.25) is 0 Å². The quantitative estimate of drug-likeness (QED) is 0.788. The van der Waals surface area contributed by atoms with Gasteiger partial charge in [-0.15, -0.1) is 0 Å². The maximum atomic E-state index is 4.69. The van der Waals surface area contributed by atoms with Gasteiger partial charge in [0.1, 0.15) is 11.5 Å². The number of allylic oxidation sites excluding steroid dienone is 1. The first kappa shape index (κ1) is 12.9. The third-order valence-electron chi connectivity index (χ3n) is 2.79. The highest BCUT2D eigenvalue weighted by atomic mass is 15.3. The zero-order valence-electron chi connectivity index (χ0n) is 11.1. The second-order valence-electron chi connectivity index (χ2n) is 4.12. The van der Waals surface area contributed by atoms with Gasteiger partial charge in [-0.2, -0.15) is 0 Å². The minimum atomic E-state index is 0.244. The van der Waals surface area contributed by atoms with E-state index in [1.54, 1.807) is 0 Å². The van der Waals surface area contributed by atoms with Gasteiger partial charge in [-0.3, -0.25) is 4.99 Å². The molecule has 4 nitrogen and oxygen atoms in total. The van der Waals surface area contributed by atoms with Crippen LogP contribution in [0.5, 0.6) is 0 Å². The van der Waals surface area contributed by atoms with E-state index >= 15 is 0 Å². The van der Waals surface area contributed by atoms with Gasteiger partial charge >= 0.3 is 0 Å². The summed E-state index contributed by atoms with van der Waals surface area (Å²) >= 11 is 0. The highest BCUT2D eigenvalue weighted by Crippen LogP contribution is 2.20. The summed E-state index contributed by atoms with van der Waals surface area (Å²) in [5.74, 6) is 2.04. The lowest BCUT2D eigenvalue weighted by atomic mass is 10.2. The molecule has 0 spiro atoms. The average molecular weight is 222 g/mol. The first-order chi connectivity index (χ1) is 7.56. The van der Waals surface area contributed by atoms with E-state index in [1.807, 2.05) is 14.1 Å². The van der Waals surface area contributed by atoms with Gasteiger partial charge in [-0.25, -0.2) is 4.99 Å². The largest absolute Gasteiger partial charge is 0.312 e. The second-order valence-corrected chi connectivity index (χ2v) is 4.12. The molecule has 0 saturated heterocycles. The lowest BCUT2D eigenvalue weighted by molar-refractivity contribution is 0.602. The van der Waals surface area contributed by atoms with Crippen molar-refractivity contribution in [3.63, 3.8) is 0 Å². The molecule has 0 aromatic rings. The van der Waals surface area contributed by atoms with Crippen LogP contribution in [0.15, 0.2) is 21.3 Å². The number of hydrogen-bond donors (Lipinski definition) is 1. The summed E-state index contributed by atoms with van der Waals surface area (Å²) in [5, 5.41) is 3.23. The molecule has 16 heavy (non-hydrogen) atoms. The minimum absolute atomic E-state index is 0.244. The van der Waals surface area contributed by atoms with Gasteiger partial charge in [0.05, 0.1) is 6.04 Å². The lowest BCUT2D eigenvalue weighted by Crippen LogP contribution is -2.43. The van der Waals surface area contributed by atoms with Crippen LogP contribution in [0.1, 0.15) is 27.7 Å². The Labute approximate surface area is 98.2 Å². The van der Waals surface area contributed by atoms with Crippen molar-refractivity contribution in [3.05, 3.63) is 11.3 Å². The maximum Gasteiger partial charge on any atom is 0.155 e. The monoisotopic (exact) mass is 222 g/mol. The molecule has 1 aliphatic rings. The Kier molecular flexibility index (Phi) is 4.24. The van der Waals surface area contributed by atoms with E-state index in [-0.39, 0.29) is 6.04 Å². The van der Waals surface area contributed by atoms with Crippen LogP contribution in [0.25, 0.3) is 0 Å². The summed E-state index contributed by atoms with van der Waals surface area (Å²) in [6, 6.07) is 0.244. The molecule has 0 saturated carbocycles. The molecular formula is C12H22N4. The number of likely N-dealkylation sites (N-methyl/N-ethyl adjacent to an activating group) is 2. The van der Waals surface area contributed by atoms with Crippen LogP contribution >= 0.6 is 0 Å². The standard InChI is InChI=1S/C12H22N4/c1-7-16-11(9(4)13-5)15-10(8(2)3)12(16)14-6/h9,13H,7H2,1-6H3. The molecule has 1 rings (SSSR count). The molecule has 90 valence electrons. The van der Waals surface area contributed by atoms with Crippen molar-refractivity contribution < 1.29 is 0 Å². The minimum Gasteiger partial charge on any atom is -0.312 e. The van der Waals surface area contributed by atoms with Crippen molar-refractivity contribution in [2.75, 3.05) is 20.6 Å². The molecule has 1 N–H and O–H groups in total. The Morgan fingerprint density at radius 3 is 2.50 bits per heavy atom. The number of nitrogens with one attached hydrogen (secondary N) is 1. The predicted molar refractivity (Wildman–Crippen MR) is 70.1 cm³/mol. The molecule has 4 heteroatoms. The summed E-state index contributed by atoms with van der Waals surface area (Å²) in [5.41, 5.74) is 2.22. The highest BCUT2D eigenvalue weighted by Gasteiger charge is 2.29. The van der Waals surface area contributed by atoms with Gasteiger partial charge in [0.15, 0.2) is 5.84 Å². The lowest BCUT2D eigenvalue weighted by Gasteiger charge is -2.22. The fourth-order valence-electron chi connectivity index (χ4n) is 1.79. The van der Waals surface area contributed by atoms with Gasteiger partial charge in [0, 0.05) is 13.6 Å². The molecule has 1 unspecified atom stereocenters. The molecule has 0 bridgehead atoms.